The van der Waals surface area contributed by atoms with Gasteiger partial charge in [-0.2, -0.15) is 0 Å². The van der Waals surface area contributed by atoms with Gasteiger partial charge < -0.3 is 14.9 Å². The van der Waals surface area contributed by atoms with Crippen molar-refractivity contribution in [2.45, 2.75) is 39.7 Å². The number of carbonyl (C=O) groups is 2. The van der Waals surface area contributed by atoms with Gasteiger partial charge in [-0.05, 0) is 13.3 Å². The standard InChI is InChI=1S/C12H24N2O3/c1-6-7-10(3)14(5)12(17)13(4)8-9(2)11(15)16/h9-10H,6-8H2,1-5H3,(H,15,16). The van der Waals surface area contributed by atoms with E-state index in [-0.39, 0.29) is 18.6 Å². The Morgan fingerprint density at radius 3 is 2.18 bits per heavy atom. The molecule has 0 aromatic carbocycles. The molecular formula is C12H24N2O3. The number of carboxylic acid groups (broad SMARTS) is 1. The number of nitrogens with zero attached hydrogens (tertiary/aromatic N) is 2. The van der Waals surface area contributed by atoms with Gasteiger partial charge >= 0.3 is 12.0 Å². The van der Waals surface area contributed by atoms with E-state index in [1.807, 2.05) is 6.92 Å². The first-order valence-corrected chi connectivity index (χ1v) is 6.01. The van der Waals surface area contributed by atoms with Crippen molar-refractivity contribution in [2.75, 3.05) is 20.6 Å². The van der Waals surface area contributed by atoms with Gasteiger partial charge in [-0.15, -0.1) is 0 Å². The zero-order chi connectivity index (χ0) is 13.6. The molecule has 100 valence electrons. The Morgan fingerprint density at radius 1 is 1.24 bits per heavy atom. The molecule has 1 N–H and O–H groups in total. The van der Waals surface area contributed by atoms with Crippen LogP contribution in [-0.2, 0) is 4.79 Å². The molecule has 2 atom stereocenters. The Bertz CT molecular complexity index is 268. The number of urea groups is 1. The summed E-state index contributed by atoms with van der Waals surface area (Å²) in [6, 6.07) is 0.0501. The number of aliphatic carboxylic acids is 1. The normalized spacial score (nSPS) is 13.9. The third-order valence-electron chi connectivity index (χ3n) is 2.97. The lowest BCUT2D eigenvalue weighted by atomic mass is 10.1. The zero-order valence-electron chi connectivity index (χ0n) is 11.4. The molecular weight excluding hydrogens is 220 g/mol. The van der Waals surface area contributed by atoms with Crippen LogP contribution in [0.5, 0.6) is 0 Å². The van der Waals surface area contributed by atoms with Gasteiger partial charge in [0.2, 0.25) is 0 Å². The van der Waals surface area contributed by atoms with Crippen LogP contribution in [0.25, 0.3) is 0 Å². The van der Waals surface area contributed by atoms with Gasteiger partial charge in [0.05, 0.1) is 5.92 Å². The van der Waals surface area contributed by atoms with E-state index in [0.717, 1.165) is 12.8 Å². The smallest absolute Gasteiger partial charge is 0.319 e. The Kier molecular flexibility index (Phi) is 6.61. The van der Waals surface area contributed by atoms with Crippen molar-refractivity contribution < 1.29 is 14.7 Å². The summed E-state index contributed by atoms with van der Waals surface area (Å²) in [6.07, 6.45) is 1.97. The topological polar surface area (TPSA) is 60.9 Å². The summed E-state index contributed by atoms with van der Waals surface area (Å²) < 4.78 is 0. The number of carbonyl (C=O) groups excluding carboxylic acids is 1. The summed E-state index contributed by atoms with van der Waals surface area (Å²) in [7, 11) is 3.39. The lowest BCUT2D eigenvalue weighted by molar-refractivity contribution is -0.141. The average molecular weight is 244 g/mol. The van der Waals surface area contributed by atoms with Crippen LogP contribution >= 0.6 is 0 Å². The summed E-state index contributed by atoms with van der Waals surface area (Å²) in [5.74, 6) is -1.42. The summed E-state index contributed by atoms with van der Waals surface area (Å²) in [5.41, 5.74) is 0. The van der Waals surface area contributed by atoms with E-state index < -0.39 is 11.9 Å². The third kappa shape index (κ3) is 5.06. The Balaban J connectivity index is 4.34. The second kappa shape index (κ2) is 7.14. The first-order chi connectivity index (χ1) is 7.81. The molecule has 0 aromatic rings. The fourth-order valence-corrected chi connectivity index (χ4v) is 1.64. The molecule has 0 aliphatic heterocycles. The minimum atomic E-state index is -0.881. The van der Waals surface area contributed by atoms with E-state index in [2.05, 4.69) is 6.92 Å². The lowest BCUT2D eigenvalue weighted by Crippen LogP contribution is -2.45. The molecule has 0 spiro atoms. The molecule has 5 heteroatoms. The van der Waals surface area contributed by atoms with Gasteiger partial charge in [0.15, 0.2) is 0 Å². The van der Waals surface area contributed by atoms with Crippen molar-refractivity contribution in [1.29, 1.82) is 0 Å². The van der Waals surface area contributed by atoms with E-state index in [9.17, 15) is 9.59 Å². The first-order valence-electron chi connectivity index (χ1n) is 6.01. The van der Waals surface area contributed by atoms with Crippen LogP contribution in [0, 0.1) is 5.92 Å². The Hall–Kier alpha value is -1.26. The van der Waals surface area contributed by atoms with E-state index in [1.165, 1.54) is 4.90 Å². The highest BCUT2D eigenvalue weighted by Gasteiger charge is 2.22. The summed E-state index contributed by atoms with van der Waals surface area (Å²) in [6.45, 7) is 5.90. The molecule has 17 heavy (non-hydrogen) atoms. The molecule has 0 fully saturated rings. The fraction of sp³-hybridized carbons (Fsp3) is 0.833. The van der Waals surface area contributed by atoms with Crippen LogP contribution in [-0.4, -0.2) is 53.6 Å². The highest BCUT2D eigenvalue weighted by atomic mass is 16.4. The third-order valence-corrected chi connectivity index (χ3v) is 2.97. The summed E-state index contributed by atoms with van der Waals surface area (Å²) >= 11 is 0. The molecule has 0 saturated heterocycles. The van der Waals surface area contributed by atoms with Crippen LogP contribution in [0.3, 0.4) is 0 Å². The number of hydrogen-bond donors (Lipinski definition) is 1. The number of rotatable bonds is 6. The van der Waals surface area contributed by atoms with Gasteiger partial charge in [-0.3, -0.25) is 4.79 Å². The molecule has 2 amide bonds. The van der Waals surface area contributed by atoms with Gasteiger partial charge in [-0.25, -0.2) is 4.79 Å². The zero-order valence-corrected chi connectivity index (χ0v) is 11.4. The maximum Gasteiger partial charge on any atom is 0.319 e. The molecule has 0 radical (unpaired) electrons. The Morgan fingerprint density at radius 2 is 1.76 bits per heavy atom. The van der Waals surface area contributed by atoms with Crippen molar-refractivity contribution >= 4 is 12.0 Å². The van der Waals surface area contributed by atoms with Crippen LogP contribution in [0.15, 0.2) is 0 Å². The summed E-state index contributed by atoms with van der Waals surface area (Å²) in [5, 5.41) is 8.79. The number of hydrogen-bond acceptors (Lipinski definition) is 2. The van der Waals surface area contributed by atoms with Crippen molar-refractivity contribution in [3.63, 3.8) is 0 Å². The molecule has 0 heterocycles. The molecule has 0 aromatic heterocycles. The van der Waals surface area contributed by atoms with Crippen LogP contribution in [0.4, 0.5) is 4.79 Å². The molecule has 2 unspecified atom stereocenters. The van der Waals surface area contributed by atoms with Crippen molar-refractivity contribution in [3.8, 4) is 0 Å². The highest BCUT2D eigenvalue weighted by molar-refractivity contribution is 5.75. The molecule has 5 nitrogen and oxygen atoms in total. The monoisotopic (exact) mass is 244 g/mol. The van der Waals surface area contributed by atoms with Gasteiger partial charge in [0.1, 0.15) is 0 Å². The molecule has 0 saturated carbocycles. The SMILES string of the molecule is CCCC(C)N(C)C(=O)N(C)CC(C)C(=O)O. The predicted octanol–water partition coefficient (Wildman–Crippen LogP) is 1.88. The Labute approximate surface area is 103 Å². The van der Waals surface area contributed by atoms with Gasteiger partial charge in [-0.1, -0.05) is 20.3 Å². The minimum Gasteiger partial charge on any atom is -0.481 e. The van der Waals surface area contributed by atoms with E-state index >= 15 is 0 Å². The van der Waals surface area contributed by atoms with Crippen molar-refractivity contribution in [2.24, 2.45) is 5.92 Å². The second-order valence-electron chi connectivity index (χ2n) is 4.65. The maximum absolute atomic E-state index is 12.0. The van der Waals surface area contributed by atoms with Crippen LogP contribution < -0.4 is 0 Å². The highest BCUT2D eigenvalue weighted by Crippen LogP contribution is 2.08. The lowest BCUT2D eigenvalue weighted by Gasteiger charge is -2.30. The van der Waals surface area contributed by atoms with Crippen LogP contribution in [0.1, 0.15) is 33.6 Å². The van der Waals surface area contributed by atoms with Crippen molar-refractivity contribution in [3.05, 3.63) is 0 Å². The quantitative estimate of drug-likeness (QED) is 0.776. The van der Waals surface area contributed by atoms with Gasteiger partial charge in [0.25, 0.3) is 0 Å². The molecule has 0 aliphatic rings. The molecule has 0 bridgehead atoms. The second-order valence-corrected chi connectivity index (χ2v) is 4.65. The minimum absolute atomic E-state index is 0.126. The van der Waals surface area contributed by atoms with Crippen molar-refractivity contribution in [1.82, 2.24) is 9.80 Å². The van der Waals surface area contributed by atoms with E-state index in [0.29, 0.717) is 0 Å². The van der Waals surface area contributed by atoms with Gasteiger partial charge in [0, 0.05) is 26.7 Å². The predicted molar refractivity (Wildman–Crippen MR) is 67.0 cm³/mol. The van der Waals surface area contributed by atoms with E-state index in [4.69, 9.17) is 5.11 Å². The summed E-state index contributed by atoms with van der Waals surface area (Å²) in [4.78, 5) is 25.8. The van der Waals surface area contributed by atoms with Crippen LogP contribution in [0.2, 0.25) is 0 Å². The van der Waals surface area contributed by atoms with E-state index in [1.54, 1.807) is 25.9 Å². The molecule has 0 aliphatic carbocycles. The number of amides is 2. The maximum atomic E-state index is 12.0. The first kappa shape index (κ1) is 15.7. The average Bonchev–Trinajstić information content (AvgIpc) is 2.26. The number of carboxylic acids is 1. The largest absolute Gasteiger partial charge is 0.481 e. The fourth-order valence-electron chi connectivity index (χ4n) is 1.64. The molecule has 0 rings (SSSR count).